The molecule has 0 spiro atoms. The van der Waals surface area contributed by atoms with Crippen molar-refractivity contribution in [3.63, 3.8) is 0 Å². The standard InChI is InChI=1S/C27H24I2N2O/c1-15-24(18-9-5-7-11-22(18)30(15)3)26(17-13-20(28)27(32)21(29)14-17)25-16(2)31(4)23-12-8-6-10-19(23)25/h5-14,26,32H,1-4H3. The first-order chi connectivity index (χ1) is 15.3. The molecule has 1 N–H and O–H groups in total. The maximum absolute atomic E-state index is 10.5. The Morgan fingerprint density at radius 1 is 0.719 bits per heavy atom. The summed E-state index contributed by atoms with van der Waals surface area (Å²) in [4.78, 5) is 0. The average Bonchev–Trinajstić information content (AvgIpc) is 3.19. The maximum atomic E-state index is 10.5. The number of halogens is 2. The molecule has 0 unspecified atom stereocenters. The lowest BCUT2D eigenvalue weighted by Gasteiger charge is -2.22. The number of phenols is 1. The molecule has 0 bridgehead atoms. The second-order valence-electron chi connectivity index (χ2n) is 8.42. The van der Waals surface area contributed by atoms with Crippen molar-refractivity contribution in [3.8, 4) is 5.75 Å². The highest BCUT2D eigenvalue weighted by Gasteiger charge is 2.29. The molecule has 162 valence electrons. The highest BCUT2D eigenvalue weighted by atomic mass is 127. The minimum absolute atomic E-state index is 0.0508. The SMILES string of the molecule is Cc1c(C(c2cc(I)c(O)c(I)c2)c2c(C)n(C)c3ccccc23)c2ccccc2n1C. The van der Waals surface area contributed by atoms with Gasteiger partial charge in [-0.1, -0.05) is 36.4 Å². The van der Waals surface area contributed by atoms with E-state index in [9.17, 15) is 5.11 Å². The number of benzene rings is 3. The Morgan fingerprint density at radius 3 is 1.56 bits per heavy atom. The van der Waals surface area contributed by atoms with Gasteiger partial charge in [-0.15, -0.1) is 0 Å². The third-order valence-corrected chi connectivity index (χ3v) is 8.49. The molecule has 32 heavy (non-hydrogen) atoms. The third-order valence-electron chi connectivity index (χ3n) is 6.85. The van der Waals surface area contributed by atoms with E-state index in [-0.39, 0.29) is 5.92 Å². The lowest BCUT2D eigenvalue weighted by atomic mass is 9.82. The second kappa shape index (κ2) is 8.09. The van der Waals surface area contributed by atoms with Crippen LogP contribution >= 0.6 is 45.2 Å². The molecule has 5 rings (SSSR count). The fourth-order valence-corrected chi connectivity index (χ4v) is 6.87. The molecule has 0 radical (unpaired) electrons. The summed E-state index contributed by atoms with van der Waals surface area (Å²) >= 11 is 4.49. The van der Waals surface area contributed by atoms with Crippen LogP contribution in [0.1, 0.15) is 34.0 Å². The van der Waals surface area contributed by atoms with E-state index >= 15 is 0 Å². The minimum Gasteiger partial charge on any atom is -0.506 e. The molecule has 0 aliphatic carbocycles. The zero-order chi connectivity index (χ0) is 22.7. The van der Waals surface area contributed by atoms with Crippen LogP contribution in [0.2, 0.25) is 0 Å². The van der Waals surface area contributed by atoms with Gasteiger partial charge in [-0.2, -0.15) is 0 Å². The van der Waals surface area contributed by atoms with Gasteiger partial charge in [0.2, 0.25) is 0 Å². The lowest BCUT2D eigenvalue weighted by molar-refractivity contribution is 0.467. The molecule has 0 saturated heterocycles. The predicted octanol–water partition coefficient (Wildman–Crippen LogP) is 7.38. The van der Waals surface area contributed by atoms with E-state index in [0.29, 0.717) is 5.75 Å². The molecule has 3 nitrogen and oxygen atoms in total. The van der Waals surface area contributed by atoms with Crippen molar-refractivity contribution in [1.29, 1.82) is 0 Å². The van der Waals surface area contributed by atoms with Gasteiger partial charge in [-0.05, 0) is 100.0 Å². The van der Waals surface area contributed by atoms with Gasteiger partial charge in [0.25, 0.3) is 0 Å². The van der Waals surface area contributed by atoms with Crippen molar-refractivity contribution in [2.45, 2.75) is 19.8 Å². The average molecular weight is 646 g/mol. The van der Waals surface area contributed by atoms with E-state index in [2.05, 4.69) is 143 Å². The number of hydrogen-bond acceptors (Lipinski definition) is 1. The van der Waals surface area contributed by atoms with Crippen molar-refractivity contribution in [3.05, 3.63) is 95.9 Å². The molecule has 5 heteroatoms. The van der Waals surface area contributed by atoms with E-state index in [1.54, 1.807) is 0 Å². The van der Waals surface area contributed by atoms with Crippen LogP contribution in [0.5, 0.6) is 5.75 Å². The molecule has 2 aromatic heterocycles. The van der Waals surface area contributed by atoms with Crippen molar-refractivity contribution < 1.29 is 5.11 Å². The number of hydrogen-bond donors (Lipinski definition) is 1. The zero-order valence-electron chi connectivity index (χ0n) is 18.4. The fourth-order valence-electron chi connectivity index (χ4n) is 5.06. The molecule has 0 fully saturated rings. The molecule has 0 aliphatic heterocycles. The molecular weight excluding hydrogens is 622 g/mol. The van der Waals surface area contributed by atoms with E-state index < -0.39 is 0 Å². The minimum atomic E-state index is 0.0508. The molecular formula is C27H24I2N2O. The quantitative estimate of drug-likeness (QED) is 0.204. The molecule has 0 atom stereocenters. The van der Waals surface area contributed by atoms with E-state index in [1.807, 2.05) is 0 Å². The summed E-state index contributed by atoms with van der Waals surface area (Å²) in [6.07, 6.45) is 0. The first kappa shape index (κ1) is 21.8. The number of para-hydroxylation sites is 2. The number of rotatable bonds is 3. The third kappa shape index (κ3) is 3.19. The van der Waals surface area contributed by atoms with E-state index in [4.69, 9.17) is 0 Å². The first-order valence-corrected chi connectivity index (χ1v) is 12.7. The fraction of sp³-hybridized carbons (Fsp3) is 0.185. The Hall–Kier alpha value is -2.00. The van der Waals surface area contributed by atoms with Crippen LogP contribution in [0.3, 0.4) is 0 Å². The van der Waals surface area contributed by atoms with Crippen molar-refractivity contribution >= 4 is 67.0 Å². The number of aromatic hydroxyl groups is 1. The van der Waals surface area contributed by atoms with Gasteiger partial charge in [-0.25, -0.2) is 0 Å². The van der Waals surface area contributed by atoms with Gasteiger partial charge in [0.15, 0.2) is 0 Å². The number of phenolic OH excluding ortho intramolecular Hbond substituents is 1. The molecule has 0 aliphatic rings. The highest BCUT2D eigenvalue weighted by molar-refractivity contribution is 14.1. The van der Waals surface area contributed by atoms with Gasteiger partial charge in [0.1, 0.15) is 5.75 Å². The van der Waals surface area contributed by atoms with Crippen LogP contribution in [0, 0.1) is 21.0 Å². The lowest BCUT2D eigenvalue weighted by Crippen LogP contribution is -2.08. The Bertz CT molecular complexity index is 1400. The van der Waals surface area contributed by atoms with Crippen molar-refractivity contribution in [2.24, 2.45) is 14.1 Å². The molecule has 0 amide bonds. The summed E-state index contributed by atoms with van der Waals surface area (Å²) < 4.78 is 6.36. The number of nitrogens with zero attached hydrogens (tertiary/aromatic N) is 2. The molecule has 0 saturated carbocycles. The van der Waals surface area contributed by atoms with E-state index in [1.165, 1.54) is 49.9 Å². The summed E-state index contributed by atoms with van der Waals surface area (Å²) in [5, 5.41) is 13.1. The van der Waals surface area contributed by atoms with Crippen LogP contribution in [-0.4, -0.2) is 14.2 Å². The van der Waals surface area contributed by atoms with Gasteiger partial charge in [0, 0.05) is 53.2 Å². The molecule has 3 aromatic carbocycles. The summed E-state index contributed by atoms with van der Waals surface area (Å²) in [5.41, 5.74) is 8.88. The van der Waals surface area contributed by atoms with Crippen LogP contribution < -0.4 is 0 Å². The second-order valence-corrected chi connectivity index (χ2v) is 10.7. The zero-order valence-corrected chi connectivity index (χ0v) is 22.8. The van der Waals surface area contributed by atoms with Crippen LogP contribution in [0.25, 0.3) is 21.8 Å². The summed E-state index contributed by atoms with van der Waals surface area (Å²) in [7, 11) is 4.30. The van der Waals surface area contributed by atoms with Gasteiger partial charge in [-0.3, -0.25) is 0 Å². The van der Waals surface area contributed by atoms with Crippen LogP contribution in [0.4, 0.5) is 0 Å². The monoisotopic (exact) mass is 646 g/mol. The van der Waals surface area contributed by atoms with Crippen molar-refractivity contribution in [2.75, 3.05) is 0 Å². The normalized spacial score (nSPS) is 11.8. The van der Waals surface area contributed by atoms with Crippen LogP contribution in [0.15, 0.2) is 60.7 Å². The number of aromatic nitrogens is 2. The summed E-state index contributed by atoms with van der Waals surface area (Å²) in [6, 6.07) is 21.6. The predicted molar refractivity (Wildman–Crippen MR) is 150 cm³/mol. The van der Waals surface area contributed by atoms with E-state index in [0.717, 1.165) is 7.14 Å². The van der Waals surface area contributed by atoms with Gasteiger partial charge in [0.05, 0.1) is 7.14 Å². The Labute approximate surface area is 215 Å². The smallest absolute Gasteiger partial charge is 0.142 e. The summed E-state index contributed by atoms with van der Waals surface area (Å²) in [5.74, 6) is 0.410. The summed E-state index contributed by atoms with van der Waals surface area (Å²) in [6.45, 7) is 4.44. The van der Waals surface area contributed by atoms with Crippen molar-refractivity contribution in [1.82, 2.24) is 9.13 Å². The van der Waals surface area contributed by atoms with Gasteiger partial charge < -0.3 is 14.2 Å². The Morgan fingerprint density at radius 2 is 1.12 bits per heavy atom. The molecule has 5 aromatic rings. The largest absolute Gasteiger partial charge is 0.506 e. The number of fused-ring (bicyclic) bond motifs is 2. The van der Waals surface area contributed by atoms with Gasteiger partial charge >= 0.3 is 0 Å². The number of aryl methyl sites for hydroxylation is 2. The topological polar surface area (TPSA) is 30.1 Å². The Kier molecular flexibility index (Phi) is 5.52. The Balaban J connectivity index is 1.95. The van der Waals surface area contributed by atoms with Crippen LogP contribution in [-0.2, 0) is 14.1 Å². The highest BCUT2D eigenvalue weighted by Crippen LogP contribution is 2.45. The first-order valence-electron chi connectivity index (χ1n) is 10.6. The maximum Gasteiger partial charge on any atom is 0.142 e. The molecule has 2 heterocycles.